The van der Waals surface area contributed by atoms with Gasteiger partial charge < -0.3 is 14.8 Å². The topological polar surface area (TPSA) is 68.6 Å². The van der Waals surface area contributed by atoms with Gasteiger partial charge >= 0.3 is 0 Å². The Morgan fingerprint density at radius 2 is 1.78 bits per heavy atom. The highest BCUT2D eigenvalue weighted by molar-refractivity contribution is 5.94. The van der Waals surface area contributed by atoms with Gasteiger partial charge in [0.15, 0.2) is 6.10 Å². The van der Waals surface area contributed by atoms with Crippen LogP contribution in [-0.4, -0.2) is 47.9 Å². The molecule has 1 N–H and O–H groups in total. The highest BCUT2D eigenvalue weighted by Gasteiger charge is 2.25. The van der Waals surface area contributed by atoms with E-state index in [0.29, 0.717) is 5.82 Å². The van der Waals surface area contributed by atoms with Crippen molar-refractivity contribution in [3.8, 4) is 5.75 Å². The lowest BCUT2D eigenvalue weighted by Crippen LogP contribution is -2.35. The van der Waals surface area contributed by atoms with Crippen molar-refractivity contribution in [2.75, 3.05) is 32.6 Å². The van der Waals surface area contributed by atoms with Gasteiger partial charge in [-0.25, -0.2) is 4.68 Å². The summed E-state index contributed by atoms with van der Waals surface area (Å²) in [5.74, 6) is 1.39. The van der Waals surface area contributed by atoms with Crippen LogP contribution in [0.4, 0.5) is 5.82 Å². The normalized spacial score (nSPS) is 15.9. The molecule has 0 radical (unpaired) electrons. The predicted molar refractivity (Wildman–Crippen MR) is 124 cm³/mol. The van der Waals surface area contributed by atoms with E-state index in [1.807, 2.05) is 53.2 Å². The molecule has 7 nitrogen and oxygen atoms in total. The molecule has 1 atom stereocenters. The number of anilines is 1. The van der Waals surface area contributed by atoms with Crippen molar-refractivity contribution in [3.05, 3.63) is 78.0 Å². The summed E-state index contributed by atoms with van der Waals surface area (Å²) in [7, 11) is 3.23. The van der Waals surface area contributed by atoms with Crippen molar-refractivity contribution >= 4 is 11.7 Å². The molecule has 1 aliphatic heterocycles. The summed E-state index contributed by atoms with van der Waals surface area (Å²) in [4.78, 5) is 15.3. The van der Waals surface area contributed by atoms with Gasteiger partial charge in [-0.3, -0.25) is 9.69 Å². The van der Waals surface area contributed by atoms with Crippen LogP contribution in [0.3, 0.4) is 0 Å². The summed E-state index contributed by atoms with van der Waals surface area (Å²) in [6.45, 7) is 2.88. The third-order valence-corrected chi connectivity index (χ3v) is 5.97. The summed E-state index contributed by atoms with van der Waals surface area (Å²) in [6.07, 6.45) is 3.04. The number of carbonyl (C=O) groups is 1. The largest absolute Gasteiger partial charge is 0.497 e. The molecule has 168 valence electrons. The maximum absolute atomic E-state index is 12.9. The molecule has 1 aliphatic rings. The second kappa shape index (κ2) is 10.4. The number of nitrogens with zero attached hydrogens (tertiary/aromatic N) is 3. The monoisotopic (exact) mass is 434 g/mol. The summed E-state index contributed by atoms with van der Waals surface area (Å²) in [6, 6.07) is 19.8. The number of piperidine rings is 1. The van der Waals surface area contributed by atoms with Gasteiger partial charge in [-0.05, 0) is 36.1 Å². The average molecular weight is 435 g/mol. The van der Waals surface area contributed by atoms with Gasteiger partial charge in [0.1, 0.15) is 11.6 Å². The maximum Gasteiger partial charge on any atom is 0.259 e. The first kappa shape index (κ1) is 22.0. The van der Waals surface area contributed by atoms with Gasteiger partial charge in [-0.15, -0.1) is 0 Å². The minimum absolute atomic E-state index is 0.197. The zero-order valence-corrected chi connectivity index (χ0v) is 18.6. The SMILES string of the molecule is COc1ccc(CN2CCC(n3nccc3NC(=O)C(OC)c3ccccc3)CC2)cc1. The first-order chi connectivity index (χ1) is 15.7. The van der Waals surface area contributed by atoms with Crippen LogP contribution in [0, 0.1) is 0 Å². The molecule has 0 aliphatic carbocycles. The van der Waals surface area contributed by atoms with Crippen LogP contribution in [0.25, 0.3) is 0 Å². The molecule has 32 heavy (non-hydrogen) atoms. The summed E-state index contributed by atoms with van der Waals surface area (Å²) >= 11 is 0. The molecule has 7 heteroatoms. The fraction of sp³-hybridized carbons (Fsp3) is 0.360. The highest BCUT2D eigenvalue weighted by Crippen LogP contribution is 2.27. The fourth-order valence-corrected chi connectivity index (χ4v) is 4.23. The van der Waals surface area contributed by atoms with Crippen molar-refractivity contribution in [1.29, 1.82) is 0 Å². The Balaban J connectivity index is 1.35. The summed E-state index contributed by atoms with van der Waals surface area (Å²) < 4.78 is 12.6. The van der Waals surface area contributed by atoms with Crippen molar-refractivity contribution < 1.29 is 14.3 Å². The Hall–Kier alpha value is -3.16. The molecule has 2 aromatic carbocycles. The first-order valence-electron chi connectivity index (χ1n) is 11.0. The van der Waals surface area contributed by atoms with E-state index in [1.165, 1.54) is 5.56 Å². The second-order valence-corrected chi connectivity index (χ2v) is 8.03. The Kier molecular flexibility index (Phi) is 7.19. The van der Waals surface area contributed by atoms with Crippen LogP contribution >= 0.6 is 0 Å². The molecular weight excluding hydrogens is 404 g/mol. The molecule has 0 spiro atoms. The van der Waals surface area contributed by atoms with Crippen LogP contribution < -0.4 is 10.1 Å². The number of ether oxygens (including phenoxy) is 2. The van der Waals surface area contributed by atoms with Crippen molar-refractivity contribution in [2.24, 2.45) is 0 Å². The lowest BCUT2D eigenvalue weighted by molar-refractivity contribution is -0.126. The number of likely N-dealkylation sites (tertiary alicyclic amines) is 1. The first-order valence-corrected chi connectivity index (χ1v) is 11.0. The lowest BCUT2D eigenvalue weighted by Gasteiger charge is -2.32. The number of nitrogens with one attached hydrogen (secondary N) is 1. The number of amides is 1. The number of benzene rings is 2. The van der Waals surface area contributed by atoms with Gasteiger partial charge in [0, 0.05) is 32.8 Å². The number of aromatic nitrogens is 2. The number of rotatable bonds is 8. The van der Waals surface area contributed by atoms with E-state index in [1.54, 1.807) is 20.4 Å². The van der Waals surface area contributed by atoms with E-state index >= 15 is 0 Å². The molecular formula is C25H30N4O3. The molecule has 2 heterocycles. The van der Waals surface area contributed by atoms with E-state index in [2.05, 4.69) is 27.4 Å². The second-order valence-electron chi connectivity index (χ2n) is 8.03. The molecule has 1 aromatic heterocycles. The zero-order valence-electron chi connectivity index (χ0n) is 18.6. The van der Waals surface area contributed by atoms with E-state index in [9.17, 15) is 4.79 Å². The Morgan fingerprint density at radius 1 is 1.06 bits per heavy atom. The average Bonchev–Trinajstić information content (AvgIpc) is 3.29. The molecule has 1 saturated heterocycles. The quantitative estimate of drug-likeness (QED) is 0.579. The smallest absolute Gasteiger partial charge is 0.259 e. The van der Waals surface area contributed by atoms with Crippen LogP contribution in [-0.2, 0) is 16.1 Å². The number of hydrogen-bond donors (Lipinski definition) is 1. The van der Waals surface area contributed by atoms with Gasteiger partial charge in [0.2, 0.25) is 0 Å². The number of hydrogen-bond acceptors (Lipinski definition) is 5. The summed E-state index contributed by atoms with van der Waals surface area (Å²) in [5.41, 5.74) is 2.10. The molecule has 3 aromatic rings. The van der Waals surface area contributed by atoms with E-state index in [0.717, 1.165) is 43.8 Å². The maximum atomic E-state index is 12.9. The minimum Gasteiger partial charge on any atom is -0.497 e. The minimum atomic E-state index is -0.661. The van der Waals surface area contributed by atoms with Crippen molar-refractivity contribution in [1.82, 2.24) is 14.7 Å². The van der Waals surface area contributed by atoms with Gasteiger partial charge in [-0.2, -0.15) is 5.10 Å². The van der Waals surface area contributed by atoms with Gasteiger partial charge in [-0.1, -0.05) is 42.5 Å². The van der Waals surface area contributed by atoms with Gasteiger partial charge in [0.25, 0.3) is 5.91 Å². The third-order valence-electron chi connectivity index (χ3n) is 5.97. The van der Waals surface area contributed by atoms with Crippen LogP contribution in [0.2, 0.25) is 0 Å². The van der Waals surface area contributed by atoms with Crippen LogP contribution in [0.5, 0.6) is 5.75 Å². The van der Waals surface area contributed by atoms with Gasteiger partial charge in [0.05, 0.1) is 19.3 Å². The highest BCUT2D eigenvalue weighted by atomic mass is 16.5. The molecule has 0 saturated carbocycles. The summed E-state index contributed by atoms with van der Waals surface area (Å²) in [5, 5.41) is 7.52. The van der Waals surface area contributed by atoms with E-state index in [-0.39, 0.29) is 11.9 Å². The molecule has 0 bridgehead atoms. The van der Waals surface area contributed by atoms with Crippen molar-refractivity contribution in [2.45, 2.75) is 31.5 Å². The zero-order chi connectivity index (χ0) is 22.3. The van der Waals surface area contributed by atoms with Crippen LogP contribution in [0.1, 0.15) is 36.1 Å². The molecule has 1 amide bonds. The molecule has 1 fully saturated rings. The lowest BCUT2D eigenvalue weighted by atomic mass is 10.0. The fourth-order valence-electron chi connectivity index (χ4n) is 4.23. The third kappa shape index (κ3) is 5.18. The Labute approximate surface area is 188 Å². The number of methoxy groups -OCH3 is 2. The van der Waals surface area contributed by atoms with E-state index in [4.69, 9.17) is 9.47 Å². The van der Waals surface area contributed by atoms with Crippen LogP contribution in [0.15, 0.2) is 66.9 Å². The standard InChI is InChI=1S/C25H30N4O3/c1-31-22-10-8-19(9-11-22)18-28-16-13-21(14-17-28)29-23(12-15-26-29)27-25(30)24(32-2)20-6-4-3-5-7-20/h3-12,15,21,24H,13-14,16-18H2,1-2H3,(H,27,30). The Bertz CT molecular complexity index is 996. The molecule has 1 unspecified atom stereocenters. The Morgan fingerprint density at radius 3 is 2.44 bits per heavy atom. The number of carbonyl (C=O) groups excluding carboxylic acids is 1. The predicted octanol–water partition coefficient (Wildman–Crippen LogP) is 4.06. The van der Waals surface area contributed by atoms with Crippen molar-refractivity contribution in [3.63, 3.8) is 0 Å². The molecule has 4 rings (SSSR count). The van der Waals surface area contributed by atoms with E-state index < -0.39 is 6.10 Å².